The maximum atomic E-state index is 4.62. The van der Waals surface area contributed by atoms with E-state index in [-0.39, 0.29) is 0 Å². The first kappa shape index (κ1) is 12.6. The molecular formula is C15H17N5. The van der Waals surface area contributed by atoms with Crippen LogP contribution in [0.4, 0.5) is 5.82 Å². The van der Waals surface area contributed by atoms with Crippen LogP contribution in [-0.2, 0) is 0 Å². The van der Waals surface area contributed by atoms with E-state index in [0.717, 1.165) is 36.3 Å². The zero-order chi connectivity index (χ0) is 13.8. The van der Waals surface area contributed by atoms with Crippen LogP contribution in [0.5, 0.6) is 0 Å². The minimum atomic E-state index is 0.692. The summed E-state index contributed by atoms with van der Waals surface area (Å²) in [5, 5.41) is 3.36. The average molecular weight is 267 g/mol. The van der Waals surface area contributed by atoms with Gasteiger partial charge in [0.25, 0.3) is 0 Å². The van der Waals surface area contributed by atoms with Crippen LogP contribution in [-0.4, -0.2) is 26.5 Å². The number of rotatable bonds is 5. The maximum absolute atomic E-state index is 4.62. The molecule has 0 aliphatic heterocycles. The van der Waals surface area contributed by atoms with E-state index in [1.807, 2.05) is 30.3 Å². The summed E-state index contributed by atoms with van der Waals surface area (Å²) in [5.74, 6) is 1.52. The molecule has 5 heteroatoms. The molecule has 0 saturated heterocycles. The lowest BCUT2D eigenvalue weighted by molar-refractivity contribution is 0.831. The lowest BCUT2D eigenvalue weighted by Crippen LogP contribution is -2.05. The molecule has 0 unspecified atom stereocenters. The molecule has 2 N–H and O–H groups in total. The number of unbranched alkanes of at least 4 members (excludes halogenated alkanes) is 1. The minimum Gasteiger partial charge on any atom is -0.368 e. The van der Waals surface area contributed by atoms with Crippen LogP contribution < -0.4 is 5.32 Å². The van der Waals surface area contributed by atoms with Gasteiger partial charge in [0.2, 0.25) is 0 Å². The Kier molecular flexibility index (Phi) is 3.58. The number of hydrogen-bond donors (Lipinski definition) is 2. The van der Waals surface area contributed by atoms with Gasteiger partial charge in [0.15, 0.2) is 17.3 Å². The van der Waals surface area contributed by atoms with Gasteiger partial charge < -0.3 is 10.3 Å². The molecule has 0 bridgehead atoms. The third-order valence-electron chi connectivity index (χ3n) is 3.14. The maximum Gasteiger partial charge on any atom is 0.183 e. The third kappa shape index (κ3) is 2.47. The van der Waals surface area contributed by atoms with Crippen molar-refractivity contribution in [1.82, 2.24) is 19.9 Å². The highest BCUT2D eigenvalue weighted by Gasteiger charge is 2.10. The quantitative estimate of drug-likeness (QED) is 0.696. The van der Waals surface area contributed by atoms with Crippen molar-refractivity contribution in [3.8, 4) is 11.4 Å². The number of anilines is 1. The van der Waals surface area contributed by atoms with Gasteiger partial charge in [-0.05, 0) is 6.42 Å². The first-order chi connectivity index (χ1) is 9.88. The van der Waals surface area contributed by atoms with Crippen molar-refractivity contribution in [2.45, 2.75) is 19.8 Å². The molecule has 2 aromatic heterocycles. The highest BCUT2D eigenvalue weighted by atomic mass is 15.1. The standard InChI is InChI=1S/C15H17N5/c1-2-3-9-16-14-12-15(18-10-17-12)20-13(19-14)11-7-5-4-6-8-11/h4-8,10H,2-3,9H2,1H3,(H2,16,17,18,19,20). The lowest BCUT2D eigenvalue weighted by Gasteiger charge is -2.07. The molecule has 2 heterocycles. The van der Waals surface area contributed by atoms with E-state index in [9.17, 15) is 0 Å². The van der Waals surface area contributed by atoms with E-state index < -0.39 is 0 Å². The third-order valence-corrected chi connectivity index (χ3v) is 3.14. The Morgan fingerprint density at radius 3 is 2.80 bits per heavy atom. The minimum absolute atomic E-state index is 0.692. The molecule has 1 aromatic carbocycles. The molecule has 102 valence electrons. The molecule has 0 amide bonds. The highest BCUT2D eigenvalue weighted by molar-refractivity contribution is 5.84. The van der Waals surface area contributed by atoms with Crippen LogP contribution in [0.3, 0.4) is 0 Å². The van der Waals surface area contributed by atoms with Gasteiger partial charge in [-0.15, -0.1) is 0 Å². The van der Waals surface area contributed by atoms with Crippen LogP contribution in [0, 0.1) is 0 Å². The average Bonchev–Trinajstić information content (AvgIpc) is 2.97. The summed E-state index contributed by atoms with van der Waals surface area (Å²) in [7, 11) is 0. The topological polar surface area (TPSA) is 66.5 Å². The molecule has 5 nitrogen and oxygen atoms in total. The van der Waals surface area contributed by atoms with Crippen LogP contribution in [0.25, 0.3) is 22.6 Å². The van der Waals surface area contributed by atoms with Gasteiger partial charge in [0.05, 0.1) is 6.33 Å². The summed E-state index contributed by atoms with van der Waals surface area (Å²) in [6.07, 6.45) is 3.91. The fourth-order valence-corrected chi connectivity index (χ4v) is 2.06. The van der Waals surface area contributed by atoms with Gasteiger partial charge in [-0.2, -0.15) is 0 Å². The molecule has 0 atom stereocenters. The SMILES string of the molecule is CCCCNc1nc(-c2ccccc2)nc2nc[nH]c12. The molecule has 0 spiro atoms. The van der Waals surface area contributed by atoms with E-state index in [0.29, 0.717) is 11.5 Å². The fourth-order valence-electron chi connectivity index (χ4n) is 2.06. The van der Waals surface area contributed by atoms with Crippen LogP contribution >= 0.6 is 0 Å². The predicted molar refractivity (Wildman–Crippen MR) is 80.5 cm³/mol. The zero-order valence-electron chi connectivity index (χ0n) is 11.4. The molecule has 0 aliphatic rings. The van der Waals surface area contributed by atoms with Crippen molar-refractivity contribution in [2.75, 3.05) is 11.9 Å². The summed E-state index contributed by atoms with van der Waals surface area (Å²) >= 11 is 0. The molecule has 3 rings (SSSR count). The Hall–Kier alpha value is -2.43. The Balaban J connectivity index is 2.01. The van der Waals surface area contributed by atoms with E-state index in [1.165, 1.54) is 0 Å². The predicted octanol–water partition coefficient (Wildman–Crippen LogP) is 3.23. The van der Waals surface area contributed by atoms with Gasteiger partial charge in [-0.3, -0.25) is 0 Å². The number of benzene rings is 1. The first-order valence-corrected chi connectivity index (χ1v) is 6.89. The number of hydrogen-bond acceptors (Lipinski definition) is 4. The van der Waals surface area contributed by atoms with Gasteiger partial charge in [0, 0.05) is 12.1 Å². The number of nitrogens with one attached hydrogen (secondary N) is 2. The molecule has 0 aliphatic carbocycles. The van der Waals surface area contributed by atoms with E-state index in [1.54, 1.807) is 6.33 Å². The van der Waals surface area contributed by atoms with Gasteiger partial charge in [-0.1, -0.05) is 43.7 Å². The van der Waals surface area contributed by atoms with Crippen molar-refractivity contribution in [3.63, 3.8) is 0 Å². The molecule has 0 saturated carbocycles. The lowest BCUT2D eigenvalue weighted by atomic mass is 10.2. The number of aromatic nitrogens is 4. The van der Waals surface area contributed by atoms with Gasteiger partial charge in [-0.25, -0.2) is 15.0 Å². The van der Waals surface area contributed by atoms with Crippen molar-refractivity contribution in [2.24, 2.45) is 0 Å². The highest BCUT2D eigenvalue weighted by Crippen LogP contribution is 2.22. The summed E-state index contributed by atoms with van der Waals surface area (Å²) in [4.78, 5) is 16.5. The van der Waals surface area contributed by atoms with Crippen LogP contribution in [0.2, 0.25) is 0 Å². The summed E-state index contributed by atoms with van der Waals surface area (Å²) < 4.78 is 0. The number of aromatic amines is 1. The summed E-state index contributed by atoms with van der Waals surface area (Å²) in [6, 6.07) is 9.96. The number of imidazole rings is 1. The second kappa shape index (κ2) is 5.69. The van der Waals surface area contributed by atoms with Crippen molar-refractivity contribution in [1.29, 1.82) is 0 Å². The summed E-state index contributed by atoms with van der Waals surface area (Å²) in [5.41, 5.74) is 2.55. The first-order valence-electron chi connectivity index (χ1n) is 6.89. The van der Waals surface area contributed by atoms with Gasteiger partial charge >= 0.3 is 0 Å². The number of H-pyrrole nitrogens is 1. The molecular weight excluding hydrogens is 250 g/mol. The normalized spacial score (nSPS) is 10.8. The fraction of sp³-hybridized carbons (Fsp3) is 0.267. The largest absolute Gasteiger partial charge is 0.368 e. The number of nitrogens with zero attached hydrogens (tertiary/aromatic N) is 3. The van der Waals surface area contributed by atoms with Gasteiger partial charge in [0.1, 0.15) is 5.52 Å². The molecule has 0 radical (unpaired) electrons. The van der Waals surface area contributed by atoms with Crippen LogP contribution in [0.1, 0.15) is 19.8 Å². The molecule has 0 fully saturated rings. The Morgan fingerprint density at radius 1 is 1.15 bits per heavy atom. The smallest absolute Gasteiger partial charge is 0.183 e. The Bertz CT molecular complexity index is 690. The Morgan fingerprint density at radius 2 is 2.00 bits per heavy atom. The van der Waals surface area contributed by atoms with Crippen molar-refractivity contribution < 1.29 is 0 Å². The van der Waals surface area contributed by atoms with Crippen molar-refractivity contribution in [3.05, 3.63) is 36.7 Å². The monoisotopic (exact) mass is 267 g/mol. The van der Waals surface area contributed by atoms with E-state index in [4.69, 9.17) is 0 Å². The van der Waals surface area contributed by atoms with Crippen molar-refractivity contribution >= 4 is 17.0 Å². The van der Waals surface area contributed by atoms with E-state index in [2.05, 4.69) is 32.2 Å². The van der Waals surface area contributed by atoms with E-state index >= 15 is 0 Å². The second-order valence-electron chi connectivity index (χ2n) is 4.64. The Labute approximate surface area is 117 Å². The zero-order valence-corrected chi connectivity index (χ0v) is 11.4. The number of fused-ring (bicyclic) bond motifs is 1. The molecule has 3 aromatic rings. The summed E-state index contributed by atoms with van der Waals surface area (Å²) in [6.45, 7) is 3.07. The second-order valence-corrected chi connectivity index (χ2v) is 4.64. The van der Waals surface area contributed by atoms with Crippen LogP contribution in [0.15, 0.2) is 36.7 Å². The molecule has 20 heavy (non-hydrogen) atoms.